The second-order valence-electron chi connectivity index (χ2n) is 4.08. The van der Waals surface area contributed by atoms with Gasteiger partial charge in [-0.25, -0.2) is 0 Å². The average Bonchev–Trinajstić information content (AvgIpc) is 2.18. The van der Waals surface area contributed by atoms with Crippen LogP contribution in [0.4, 0.5) is 0 Å². The van der Waals surface area contributed by atoms with Crippen LogP contribution >= 0.6 is 0 Å². The van der Waals surface area contributed by atoms with Crippen LogP contribution in [0.5, 0.6) is 0 Å². The van der Waals surface area contributed by atoms with E-state index in [0.29, 0.717) is 13.2 Å². The minimum Gasteiger partial charge on any atom is -0.382 e. The number of carbonyl (C=O) groups is 1. The Morgan fingerprint density at radius 3 is 2.60 bits per heavy atom. The Hall–Kier alpha value is -0.610. The molecule has 1 aliphatic rings. The van der Waals surface area contributed by atoms with E-state index in [0.717, 1.165) is 19.3 Å². The summed E-state index contributed by atoms with van der Waals surface area (Å²) < 4.78 is 9.98. The highest BCUT2D eigenvalue weighted by Crippen LogP contribution is 2.34. The lowest BCUT2D eigenvalue weighted by molar-refractivity contribution is -0.129. The Morgan fingerprint density at radius 2 is 2.13 bits per heavy atom. The normalized spacial score (nSPS) is 18.3. The van der Waals surface area contributed by atoms with E-state index >= 15 is 0 Å². The summed E-state index contributed by atoms with van der Waals surface area (Å²) in [4.78, 5) is 11.5. The third-order valence-corrected chi connectivity index (χ3v) is 3.06. The molecule has 0 aromatic carbocycles. The average molecular weight is 215 g/mol. The van der Waals surface area contributed by atoms with E-state index in [1.54, 1.807) is 7.11 Å². The molecule has 0 spiro atoms. The highest BCUT2D eigenvalue weighted by molar-refractivity contribution is 5.78. The summed E-state index contributed by atoms with van der Waals surface area (Å²) in [7, 11) is 1.61. The van der Waals surface area contributed by atoms with Gasteiger partial charge in [0.15, 0.2) is 0 Å². The van der Waals surface area contributed by atoms with Crippen LogP contribution < -0.4 is 5.32 Å². The molecule has 1 rings (SSSR count). The minimum absolute atomic E-state index is 0.00680. The zero-order valence-electron chi connectivity index (χ0n) is 9.67. The molecule has 4 heteroatoms. The fraction of sp³-hybridized carbons (Fsp3) is 0.909. The van der Waals surface area contributed by atoms with Crippen LogP contribution in [-0.4, -0.2) is 38.4 Å². The zero-order valence-corrected chi connectivity index (χ0v) is 9.67. The van der Waals surface area contributed by atoms with Crippen molar-refractivity contribution >= 4 is 5.91 Å². The monoisotopic (exact) mass is 215 g/mol. The Bertz CT molecular complexity index is 196. The summed E-state index contributed by atoms with van der Waals surface area (Å²) in [6.45, 7) is 3.27. The second-order valence-corrected chi connectivity index (χ2v) is 4.08. The van der Waals surface area contributed by atoms with Crippen LogP contribution in [0.25, 0.3) is 0 Å². The molecule has 1 saturated carbocycles. The quantitative estimate of drug-likeness (QED) is 0.647. The van der Waals surface area contributed by atoms with E-state index in [2.05, 4.69) is 12.2 Å². The summed E-state index contributed by atoms with van der Waals surface area (Å²) in [6, 6.07) is 0. The molecule has 15 heavy (non-hydrogen) atoms. The lowest BCUT2D eigenvalue weighted by atomic mass is 9.75. The van der Waals surface area contributed by atoms with Crippen LogP contribution in [0.2, 0.25) is 0 Å². The van der Waals surface area contributed by atoms with Crippen molar-refractivity contribution in [3.63, 3.8) is 0 Å². The van der Waals surface area contributed by atoms with Crippen molar-refractivity contribution in [3.8, 4) is 0 Å². The number of amides is 1. The summed E-state index contributed by atoms with van der Waals surface area (Å²) in [5.74, 6) is -0.00680. The molecule has 88 valence electrons. The Balaban J connectivity index is 2.12. The number of nitrogens with one attached hydrogen (secondary N) is 1. The molecule has 0 radical (unpaired) electrons. The van der Waals surface area contributed by atoms with Gasteiger partial charge in [-0.05, 0) is 25.7 Å². The van der Waals surface area contributed by atoms with Gasteiger partial charge in [0, 0.05) is 12.6 Å². The van der Waals surface area contributed by atoms with Crippen molar-refractivity contribution < 1.29 is 14.3 Å². The van der Waals surface area contributed by atoms with Crippen molar-refractivity contribution in [1.82, 2.24) is 5.32 Å². The molecule has 0 aliphatic heterocycles. The molecular formula is C11H21NO3. The first-order valence-corrected chi connectivity index (χ1v) is 5.60. The maximum absolute atomic E-state index is 11.5. The number of hydrogen-bond donors (Lipinski definition) is 1. The Kier molecular flexibility index (Phi) is 5.05. The summed E-state index contributed by atoms with van der Waals surface area (Å²) in [5, 5.41) is 3.05. The molecule has 0 unspecified atom stereocenters. The summed E-state index contributed by atoms with van der Waals surface area (Å²) >= 11 is 0. The van der Waals surface area contributed by atoms with Crippen LogP contribution in [0.3, 0.4) is 0 Å². The lowest BCUT2D eigenvalue weighted by Crippen LogP contribution is -2.53. The van der Waals surface area contributed by atoms with E-state index in [1.165, 1.54) is 6.42 Å². The molecular weight excluding hydrogens is 194 g/mol. The van der Waals surface area contributed by atoms with Gasteiger partial charge >= 0.3 is 0 Å². The first-order valence-electron chi connectivity index (χ1n) is 5.60. The van der Waals surface area contributed by atoms with Crippen molar-refractivity contribution in [2.45, 2.75) is 38.1 Å². The van der Waals surface area contributed by atoms with Gasteiger partial charge in [-0.1, -0.05) is 6.92 Å². The fourth-order valence-corrected chi connectivity index (χ4v) is 1.81. The van der Waals surface area contributed by atoms with Gasteiger partial charge < -0.3 is 14.8 Å². The van der Waals surface area contributed by atoms with E-state index in [4.69, 9.17) is 9.47 Å². The molecule has 0 aromatic heterocycles. The van der Waals surface area contributed by atoms with Gasteiger partial charge in [-0.15, -0.1) is 0 Å². The van der Waals surface area contributed by atoms with Gasteiger partial charge in [0.1, 0.15) is 6.61 Å². The van der Waals surface area contributed by atoms with Crippen LogP contribution in [0.15, 0.2) is 0 Å². The standard InChI is InChI=1S/C11H21NO3/c1-3-11(5-4-6-11)12-10(13)9-15-8-7-14-2/h3-9H2,1-2H3,(H,12,13). The number of methoxy groups -OCH3 is 1. The Morgan fingerprint density at radius 1 is 1.40 bits per heavy atom. The fourth-order valence-electron chi connectivity index (χ4n) is 1.81. The smallest absolute Gasteiger partial charge is 0.246 e. The zero-order chi connectivity index (χ0) is 11.1. The highest BCUT2D eigenvalue weighted by atomic mass is 16.5. The minimum atomic E-state index is -0.00680. The first kappa shape index (κ1) is 12.5. The predicted octanol–water partition coefficient (Wildman–Crippen LogP) is 1.10. The van der Waals surface area contributed by atoms with Gasteiger partial charge in [-0.3, -0.25) is 4.79 Å². The topological polar surface area (TPSA) is 47.6 Å². The molecule has 1 N–H and O–H groups in total. The molecule has 1 amide bonds. The van der Waals surface area contributed by atoms with Crippen LogP contribution in [0.1, 0.15) is 32.6 Å². The molecule has 0 atom stereocenters. The molecule has 1 fully saturated rings. The van der Waals surface area contributed by atoms with Gasteiger partial charge in [-0.2, -0.15) is 0 Å². The predicted molar refractivity (Wildman–Crippen MR) is 57.7 cm³/mol. The molecule has 0 aromatic rings. The maximum Gasteiger partial charge on any atom is 0.246 e. The van der Waals surface area contributed by atoms with Gasteiger partial charge in [0.25, 0.3) is 0 Å². The van der Waals surface area contributed by atoms with E-state index < -0.39 is 0 Å². The van der Waals surface area contributed by atoms with Crippen molar-refractivity contribution in [3.05, 3.63) is 0 Å². The number of carbonyl (C=O) groups excluding carboxylic acids is 1. The summed E-state index contributed by atoms with van der Waals surface area (Å²) in [5.41, 5.74) is 0.0711. The van der Waals surface area contributed by atoms with Crippen molar-refractivity contribution in [2.75, 3.05) is 26.9 Å². The lowest BCUT2D eigenvalue weighted by Gasteiger charge is -2.41. The maximum atomic E-state index is 11.5. The van der Waals surface area contributed by atoms with E-state index in [9.17, 15) is 4.79 Å². The van der Waals surface area contributed by atoms with E-state index in [-0.39, 0.29) is 18.1 Å². The van der Waals surface area contributed by atoms with Crippen LogP contribution in [0, 0.1) is 0 Å². The van der Waals surface area contributed by atoms with Gasteiger partial charge in [0.2, 0.25) is 5.91 Å². The van der Waals surface area contributed by atoms with Gasteiger partial charge in [0.05, 0.1) is 13.2 Å². The van der Waals surface area contributed by atoms with Crippen molar-refractivity contribution in [1.29, 1.82) is 0 Å². The second kappa shape index (κ2) is 6.08. The molecule has 1 aliphatic carbocycles. The Labute approximate surface area is 91.3 Å². The molecule has 4 nitrogen and oxygen atoms in total. The largest absolute Gasteiger partial charge is 0.382 e. The van der Waals surface area contributed by atoms with Crippen LogP contribution in [-0.2, 0) is 14.3 Å². The third kappa shape index (κ3) is 3.80. The number of rotatable bonds is 7. The third-order valence-electron chi connectivity index (χ3n) is 3.06. The van der Waals surface area contributed by atoms with Crippen molar-refractivity contribution in [2.24, 2.45) is 0 Å². The summed E-state index contributed by atoms with van der Waals surface area (Å²) in [6.07, 6.45) is 4.44. The number of ether oxygens (including phenoxy) is 2. The first-order chi connectivity index (χ1) is 7.22. The molecule has 0 saturated heterocycles. The SMILES string of the molecule is CCC1(NC(=O)COCCOC)CCC1. The molecule has 0 heterocycles. The number of hydrogen-bond acceptors (Lipinski definition) is 3. The highest BCUT2D eigenvalue weighted by Gasteiger charge is 2.36. The van der Waals surface area contributed by atoms with E-state index in [1.807, 2.05) is 0 Å². The molecule has 0 bridgehead atoms.